The van der Waals surface area contributed by atoms with Crippen LogP contribution in [0.4, 0.5) is 0 Å². The second kappa shape index (κ2) is 21.6. The van der Waals surface area contributed by atoms with Crippen LogP contribution in [-0.2, 0) is 14.2 Å². The summed E-state index contributed by atoms with van der Waals surface area (Å²) in [5.74, 6) is 0.109. The van der Waals surface area contributed by atoms with E-state index in [1.807, 2.05) is 43.3 Å². The van der Waals surface area contributed by atoms with Crippen LogP contribution in [0.2, 0.25) is 0 Å². The van der Waals surface area contributed by atoms with Crippen molar-refractivity contribution < 1.29 is 33.3 Å². The number of esters is 2. The molecule has 1 heterocycles. The molecule has 7 nitrogen and oxygen atoms in total. The molecule has 4 rings (SSSR count). The van der Waals surface area contributed by atoms with Gasteiger partial charge in [-0.3, -0.25) is 0 Å². The fraction of sp³-hybridized carbons (Fsp3) is 0.545. The van der Waals surface area contributed by atoms with Crippen LogP contribution in [-0.4, -0.2) is 50.6 Å². The summed E-state index contributed by atoms with van der Waals surface area (Å²) in [5, 5.41) is 0. The minimum absolute atomic E-state index is 0.121. The van der Waals surface area contributed by atoms with Crippen molar-refractivity contribution in [1.82, 2.24) is 0 Å². The fourth-order valence-corrected chi connectivity index (χ4v) is 6.25. The van der Waals surface area contributed by atoms with Crippen molar-refractivity contribution in [1.29, 1.82) is 0 Å². The summed E-state index contributed by atoms with van der Waals surface area (Å²) < 4.78 is 29.6. The lowest BCUT2D eigenvalue weighted by Crippen LogP contribution is -2.44. The Morgan fingerprint density at radius 2 is 1.39 bits per heavy atom. The molecule has 0 bridgehead atoms. The number of hydrogen-bond donors (Lipinski definition) is 0. The smallest absolute Gasteiger partial charge is 0.343 e. The van der Waals surface area contributed by atoms with Crippen LogP contribution >= 0.6 is 0 Å². The van der Waals surface area contributed by atoms with Gasteiger partial charge in [0.25, 0.3) is 0 Å². The lowest BCUT2D eigenvalue weighted by atomic mass is 9.90. The van der Waals surface area contributed by atoms with Gasteiger partial charge in [0.15, 0.2) is 0 Å². The first-order valence-corrected chi connectivity index (χ1v) is 19.3. The van der Waals surface area contributed by atoms with Crippen LogP contribution in [0.3, 0.4) is 0 Å². The molecule has 0 aliphatic carbocycles. The number of benzene rings is 3. The highest BCUT2D eigenvalue weighted by Gasteiger charge is 2.34. The predicted octanol–water partition coefficient (Wildman–Crippen LogP) is 11.0. The summed E-state index contributed by atoms with van der Waals surface area (Å²) in [7, 11) is 0. The minimum atomic E-state index is -0.500. The van der Waals surface area contributed by atoms with E-state index in [1.165, 1.54) is 44.9 Å². The minimum Gasteiger partial charge on any atom is -0.493 e. The van der Waals surface area contributed by atoms with E-state index in [2.05, 4.69) is 20.8 Å². The maximum absolute atomic E-state index is 13.3. The topological polar surface area (TPSA) is 80.3 Å². The Kier molecular flexibility index (Phi) is 17.0. The molecule has 0 aromatic heterocycles. The average Bonchev–Trinajstić information content (AvgIpc) is 3.13. The predicted molar refractivity (Wildman–Crippen MR) is 204 cm³/mol. The molecule has 278 valence electrons. The van der Waals surface area contributed by atoms with E-state index in [4.69, 9.17) is 23.7 Å². The molecular weight excluding hydrogens is 640 g/mol. The monoisotopic (exact) mass is 700 g/mol. The normalized spacial score (nSPS) is 14.7. The van der Waals surface area contributed by atoms with Crippen LogP contribution < -0.4 is 9.47 Å². The van der Waals surface area contributed by atoms with E-state index >= 15 is 0 Å². The SMILES string of the molecule is CCCCCCCC(CCCOc1cc(C(=O)Oc2ccc(C(=O)O[C@H](C)CCCCCC)cc2)ccc1-c1ccccc1)OCC1(C)COC1. The number of unbranched alkanes of at least 4 members (excludes halogenated alkanes) is 7. The van der Waals surface area contributed by atoms with Crippen molar-refractivity contribution >= 4 is 11.9 Å². The highest BCUT2D eigenvalue weighted by atomic mass is 16.5. The van der Waals surface area contributed by atoms with E-state index in [1.54, 1.807) is 36.4 Å². The van der Waals surface area contributed by atoms with Gasteiger partial charge in [-0.05, 0) is 87.1 Å². The molecule has 0 N–H and O–H groups in total. The molecule has 1 unspecified atom stereocenters. The number of carbonyl (C=O) groups excluding carboxylic acids is 2. The van der Waals surface area contributed by atoms with Crippen molar-refractivity contribution in [3.63, 3.8) is 0 Å². The van der Waals surface area contributed by atoms with Gasteiger partial charge in [0.2, 0.25) is 0 Å². The quantitative estimate of drug-likeness (QED) is 0.0523. The Balaban J connectivity index is 1.35. The number of hydrogen-bond acceptors (Lipinski definition) is 7. The standard InChI is InChI=1S/C44H60O7/c1-5-7-9-11-16-21-38(49-33-44(4)31-47-32-44)22-17-29-48-41-30-37(25-28-40(41)35-19-14-12-15-20-35)43(46)51-39-26-23-36(24-27-39)42(45)50-34(3)18-13-10-8-6-2/h12,14-15,19-20,23-28,30,34,38H,5-11,13,16-18,21-22,29,31-33H2,1-4H3/t34-,38?/m1/s1. The van der Waals surface area contributed by atoms with E-state index in [0.717, 1.165) is 69.5 Å². The lowest BCUT2D eigenvalue weighted by molar-refractivity contribution is -0.150. The highest BCUT2D eigenvalue weighted by Crippen LogP contribution is 2.32. The van der Waals surface area contributed by atoms with Crippen LogP contribution in [0.25, 0.3) is 11.1 Å². The summed E-state index contributed by atoms with van der Waals surface area (Å²) in [6, 6.07) is 22.0. The van der Waals surface area contributed by atoms with Crippen LogP contribution in [0.5, 0.6) is 11.5 Å². The maximum Gasteiger partial charge on any atom is 0.343 e. The molecule has 3 aromatic rings. The largest absolute Gasteiger partial charge is 0.493 e. The molecule has 3 aromatic carbocycles. The van der Waals surface area contributed by atoms with E-state index in [9.17, 15) is 9.59 Å². The summed E-state index contributed by atoms with van der Waals surface area (Å²) >= 11 is 0. The van der Waals surface area contributed by atoms with Crippen molar-refractivity contribution in [3.8, 4) is 22.6 Å². The van der Waals surface area contributed by atoms with Gasteiger partial charge in [0.1, 0.15) is 11.5 Å². The maximum atomic E-state index is 13.3. The van der Waals surface area contributed by atoms with Gasteiger partial charge < -0.3 is 23.7 Å². The summed E-state index contributed by atoms with van der Waals surface area (Å²) in [4.78, 5) is 25.9. The van der Waals surface area contributed by atoms with Crippen molar-refractivity contribution in [3.05, 3.63) is 83.9 Å². The summed E-state index contributed by atoms with van der Waals surface area (Å²) in [6.07, 6.45) is 14.5. The van der Waals surface area contributed by atoms with Gasteiger partial charge in [-0.2, -0.15) is 0 Å². The molecule has 0 saturated carbocycles. The van der Waals surface area contributed by atoms with Crippen molar-refractivity contribution in [2.75, 3.05) is 26.4 Å². The zero-order valence-corrected chi connectivity index (χ0v) is 31.5. The summed E-state index contributed by atoms with van der Waals surface area (Å²) in [5.41, 5.74) is 2.85. The molecule has 1 fully saturated rings. The molecule has 7 heteroatoms. The zero-order chi connectivity index (χ0) is 36.3. The van der Waals surface area contributed by atoms with Crippen LogP contribution in [0.15, 0.2) is 72.8 Å². The average molecular weight is 701 g/mol. The van der Waals surface area contributed by atoms with Gasteiger partial charge in [0, 0.05) is 11.0 Å². The first-order chi connectivity index (χ1) is 24.8. The van der Waals surface area contributed by atoms with Gasteiger partial charge in [-0.1, -0.05) is 102 Å². The Morgan fingerprint density at radius 1 is 0.745 bits per heavy atom. The van der Waals surface area contributed by atoms with Crippen LogP contribution in [0.1, 0.15) is 132 Å². The molecule has 1 aliphatic rings. The van der Waals surface area contributed by atoms with E-state index in [0.29, 0.717) is 29.2 Å². The molecule has 51 heavy (non-hydrogen) atoms. The molecule has 0 amide bonds. The van der Waals surface area contributed by atoms with Crippen LogP contribution in [0, 0.1) is 5.41 Å². The molecule has 0 spiro atoms. The summed E-state index contributed by atoms with van der Waals surface area (Å²) in [6.45, 7) is 11.3. The molecule has 0 radical (unpaired) electrons. The number of rotatable bonds is 24. The Hall–Kier alpha value is -3.68. The number of carbonyl (C=O) groups is 2. The Bertz CT molecular complexity index is 1450. The lowest BCUT2D eigenvalue weighted by Gasteiger charge is -2.38. The van der Waals surface area contributed by atoms with Gasteiger partial charge >= 0.3 is 11.9 Å². The second-order valence-electron chi connectivity index (χ2n) is 14.5. The molecule has 1 aliphatic heterocycles. The third-order valence-corrected chi connectivity index (χ3v) is 9.50. The first-order valence-electron chi connectivity index (χ1n) is 19.3. The van der Waals surface area contributed by atoms with Gasteiger partial charge in [-0.25, -0.2) is 9.59 Å². The Labute approximate surface area is 306 Å². The van der Waals surface area contributed by atoms with Crippen molar-refractivity contribution in [2.45, 2.75) is 123 Å². The second-order valence-corrected chi connectivity index (χ2v) is 14.5. The fourth-order valence-electron chi connectivity index (χ4n) is 6.25. The van der Waals surface area contributed by atoms with Gasteiger partial charge in [-0.15, -0.1) is 0 Å². The first kappa shape index (κ1) is 40.1. The van der Waals surface area contributed by atoms with E-state index in [-0.39, 0.29) is 23.6 Å². The van der Waals surface area contributed by atoms with Crippen molar-refractivity contribution in [2.24, 2.45) is 5.41 Å². The molecule has 2 atom stereocenters. The number of ether oxygens (including phenoxy) is 5. The third kappa shape index (κ3) is 13.8. The molecular formula is C44H60O7. The van der Waals surface area contributed by atoms with E-state index < -0.39 is 5.97 Å². The van der Waals surface area contributed by atoms with Gasteiger partial charge in [0.05, 0.1) is 49.8 Å². The zero-order valence-electron chi connectivity index (χ0n) is 31.5. The highest BCUT2D eigenvalue weighted by molar-refractivity contribution is 5.93. The molecule has 1 saturated heterocycles. The third-order valence-electron chi connectivity index (χ3n) is 9.50. The Morgan fingerprint density at radius 3 is 2.08 bits per heavy atom.